The fourth-order valence-electron chi connectivity index (χ4n) is 2.24. The Bertz CT molecular complexity index is 276. The molecule has 120 valence electrons. The van der Waals surface area contributed by atoms with Gasteiger partial charge in [-0.1, -0.05) is 32.6 Å². The minimum Gasteiger partial charge on any atom is -0.394 e. The van der Waals surface area contributed by atoms with Crippen LogP contribution in [-0.2, 0) is 9.47 Å². The molecule has 1 saturated heterocycles. The van der Waals surface area contributed by atoms with Gasteiger partial charge in [0.1, 0.15) is 18.3 Å². The Morgan fingerprint density at radius 1 is 1.30 bits per heavy atom. The van der Waals surface area contributed by atoms with Gasteiger partial charge in [-0.3, -0.25) is 5.73 Å². The molecule has 0 saturated carbocycles. The molecule has 0 aromatic rings. The zero-order chi connectivity index (χ0) is 15.2. The molecule has 0 aromatic heterocycles. The van der Waals surface area contributed by atoms with E-state index in [4.69, 9.17) is 20.3 Å². The Kier molecular flexibility index (Phi) is 7.32. The quantitative estimate of drug-likeness (QED) is 0.274. The van der Waals surface area contributed by atoms with Gasteiger partial charge in [-0.2, -0.15) is 0 Å². The van der Waals surface area contributed by atoms with Gasteiger partial charge in [0, 0.05) is 6.61 Å². The molecule has 20 heavy (non-hydrogen) atoms. The number of aliphatic hydroxyl groups is 4. The molecule has 0 spiro atoms. The minimum absolute atomic E-state index is 0.378. The van der Waals surface area contributed by atoms with E-state index < -0.39 is 36.9 Å². The molecule has 0 bridgehead atoms. The van der Waals surface area contributed by atoms with E-state index in [1.165, 1.54) is 6.42 Å². The zero-order valence-corrected chi connectivity index (χ0v) is 11.9. The summed E-state index contributed by atoms with van der Waals surface area (Å²) < 4.78 is 10.6. The van der Waals surface area contributed by atoms with Crippen LogP contribution in [-0.4, -0.2) is 64.0 Å². The fourth-order valence-corrected chi connectivity index (χ4v) is 2.24. The number of hydrogen-bond acceptors (Lipinski definition) is 7. The predicted octanol–water partition coefficient (Wildman–Crippen LogP) is -0.940. The molecule has 1 heterocycles. The Morgan fingerprint density at radius 2 is 1.95 bits per heavy atom. The first kappa shape index (κ1) is 17.8. The molecule has 7 nitrogen and oxygen atoms in total. The Labute approximate surface area is 119 Å². The molecule has 0 radical (unpaired) electrons. The molecule has 7 heteroatoms. The van der Waals surface area contributed by atoms with Crippen molar-refractivity contribution in [1.82, 2.24) is 0 Å². The SMILES string of the molecule is CCCCCCCO[C@H]1O[C@H]([C@H](O)CO)[C@](N)(O)[C@H]1O. The van der Waals surface area contributed by atoms with Crippen LogP contribution in [0.25, 0.3) is 0 Å². The summed E-state index contributed by atoms with van der Waals surface area (Å²) in [7, 11) is 0. The number of hydrogen-bond donors (Lipinski definition) is 5. The molecular formula is C13H27NO6. The van der Waals surface area contributed by atoms with Crippen molar-refractivity contribution < 1.29 is 29.9 Å². The molecule has 5 atom stereocenters. The summed E-state index contributed by atoms with van der Waals surface area (Å²) in [6.45, 7) is 1.89. The molecule has 1 aliphatic heterocycles. The number of unbranched alkanes of at least 4 members (excludes halogenated alkanes) is 4. The highest BCUT2D eigenvalue weighted by Gasteiger charge is 2.56. The van der Waals surface area contributed by atoms with Gasteiger partial charge in [0.25, 0.3) is 0 Å². The third-order valence-electron chi connectivity index (χ3n) is 3.53. The van der Waals surface area contributed by atoms with Crippen molar-refractivity contribution in [3.05, 3.63) is 0 Å². The smallest absolute Gasteiger partial charge is 0.188 e. The van der Waals surface area contributed by atoms with E-state index in [9.17, 15) is 15.3 Å². The first-order valence-corrected chi connectivity index (χ1v) is 7.20. The van der Waals surface area contributed by atoms with Gasteiger partial charge in [-0.25, -0.2) is 0 Å². The molecule has 0 aromatic carbocycles. The monoisotopic (exact) mass is 293 g/mol. The normalized spacial score (nSPS) is 35.4. The summed E-state index contributed by atoms with van der Waals surface area (Å²) in [5, 5.41) is 38.2. The van der Waals surface area contributed by atoms with Crippen LogP contribution in [0.1, 0.15) is 39.0 Å². The highest BCUT2D eigenvalue weighted by molar-refractivity contribution is 4.99. The summed E-state index contributed by atoms with van der Waals surface area (Å²) in [5.74, 6) is 0. The van der Waals surface area contributed by atoms with Gasteiger partial charge in [0.05, 0.1) is 6.61 Å². The second-order valence-corrected chi connectivity index (χ2v) is 5.29. The maximum atomic E-state index is 9.92. The predicted molar refractivity (Wildman–Crippen MR) is 71.6 cm³/mol. The lowest BCUT2D eigenvalue weighted by atomic mass is 10.00. The van der Waals surface area contributed by atoms with Gasteiger partial charge in [-0.05, 0) is 6.42 Å². The van der Waals surface area contributed by atoms with E-state index in [1.807, 2.05) is 0 Å². The maximum absolute atomic E-state index is 9.92. The first-order chi connectivity index (χ1) is 9.45. The van der Waals surface area contributed by atoms with Gasteiger partial charge in [0.15, 0.2) is 12.0 Å². The molecule has 0 aliphatic carbocycles. The van der Waals surface area contributed by atoms with Crippen LogP contribution in [0.3, 0.4) is 0 Å². The van der Waals surface area contributed by atoms with Crippen LogP contribution in [0.15, 0.2) is 0 Å². The molecule has 0 unspecified atom stereocenters. The fraction of sp³-hybridized carbons (Fsp3) is 1.00. The Hall–Kier alpha value is -0.280. The topological polar surface area (TPSA) is 125 Å². The van der Waals surface area contributed by atoms with Gasteiger partial charge >= 0.3 is 0 Å². The van der Waals surface area contributed by atoms with E-state index in [0.29, 0.717) is 6.61 Å². The van der Waals surface area contributed by atoms with Crippen molar-refractivity contribution in [1.29, 1.82) is 0 Å². The van der Waals surface area contributed by atoms with Gasteiger partial charge in [0.2, 0.25) is 0 Å². The molecule has 0 amide bonds. The number of aliphatic hydroxyl groups excluding tert-OH is 3. The van der Waals surface area contributed by atoms with Crippen molar-refractivity contribution in [3.8, 4) is 0 Å². The van der Waals surface area contributed by atoms with Crippen molar-refractivity contribution in [2.24, 2.45) is 5.73 Å². The summed E-state index contributed by atoms with van der Waals surface area (Å²) in [4.78, 5) is 0. The van der Waals surface area contributed by atoms with Crippen molar-refractivity contribution in [3.63, 3.8) is 0 Å². The van der Waals surface area contributed by atoms with Crippen LogP contribution >= 0.6 is 0 Å². The molecular weight excluding hydrogens is 266 g/mol. The number of rotatable bonds is 9. The van der Waals surface area contributed by atoms with Crippen LogP contribution in [0.4, 0.5) is 0 Å². The van der Waals surface area contributed by atoms with E-state index in [1.54, 1.807) is 0 Å². The van der Waals surface area contributed by atoms with E-state index >= 15 is 0 Å². The van der Waals surface area contributed by atoms with E-state index in [2.05, 4.69) is 6.92 Å². The summed E-state index contributed by atoms with van der Waals surface area (Å²) >= 11 is 0. The second kappa shape index (κ2) is 8.23. The largest absolute Gasteiger partial charge is 0.394 e. The average Bonchev–Trinajstić information content (AvgIpc) is 2.65. The maximum Gasteiger partial charge on any atom is 0.188 e. The lowest BCUT2D eigenvalue weighted by Crippen LogP contribution is -2.60. The highest BCUT2D eigenvalue weighted by Crippen LogP contribution is 2.30. The molecule has 1 fully saturated rings. The zero-order valence-electron chi connectivity index (χ0n) is 11.9. The van der Waals surface area contributed by atoms with Crippen LogP contribution in [0.5, 0.6) is 0 Å². The third kappa shape index (κ3) is 4.36. The third-order valence-corrected chi connectivity index (χ3v) is 3.53. The first-order valence-electron chi connectivity index (χ1n) is 7.20. The average molecular weight is 293 g/mol. The lowest BCUT2D eigenvalue weighted by Gasteiger charge is -2.28. The number of ether oxygens (including phenoxy) is 2. The van der Waals surface area contributed by atoms with Crippen molar-refractivity contribution >= 4 is 0 Å². The van der Waals surface area contributed by atoms with Crippen molar-refractivity contribution in [2.45, 2.75) is 69.4 Å². The molecule has 1 aliphatic rings. The van der Waals surface area contributed by atoms with Crippen molar-refractivity contribution in [2.75, 3.05) is 13.2 Å². The second-order valence-electron chi connectivity index (χ2n) is 5.29. The van der Waals surface area contributed by atoms with Crippen LogP contribution in [0, 0.1) is 0 Å². The van der Waals surface area contributed by atoms with Crippen LogP contribution in [0.2, 0.25) is 0 Å². The Morgan fingerprint density at radius 3 is 2.55 bits per heavy atom. The van der Waals surface area contributed by atoms with Gasteiger partial charge < -0.3 is 29.9 Å². The lowest BCUT2D eigenvalue weighted by molar-refractivity contribution is -0.181. The molecule has 1 rings (SSSR count). The van der Waals surface area contributed by atoms with E-state index in [0.717, 1.165) is 25.7 Å². The summed E-state index contributed by atoms with van der Waals surface area (Å²) in [5.41, 5.74) is 3.39. The molecule has 6 N–H and O–H groups in total. The summed E-state index contributed by atoms with van der Waals surface area (Å²) in [6.07, 6.45) is 0.0784. The number of nitrogens with two attached hydrogens (primary N) is 1. The Balaban J connectivity index is 2.36. The van der Waals surface area contributed by atoms with Crippen LogP contribution < -0.4 is 5.73 Å². The van der Waals surface area contributed by atoms with E-state index in [-0.39, 0.29) is 0 Å². The summed E-state index contributed by atoms with van der Waals surface area (Å²) in [6, 6.07) is 0. The minimum atomic E-state index is -2.14. The standard InChI is InChI=1S/C13H27NO6/c1-2-3-4-5-6-7-19-12-10(17)13(14,18)11(20-12)9(16)8-15/h9-12,15-18H,2-8,14H2,1H3/t9-,10+,11-,12+,13-/m1/s1. The highest BCUT2D eigenvalue weighted by atomic mass is 16.7. The van der Waals surface area contributed by atoms with Gasteiger partial charge in [-0.15, -0.1) is 0 Å².